The van der Waals surface area contributed by atoms with Crippen LogP contribution in [0.3, 0.4) is 0 Å². The smallest absolute Gasteiger partial charge is 0.324 e. The van der Waals surface area contributed by atoms with Crippen LogP contribution in [0, 0.1) is 5.41 Å². The van der Waals surface area contributed by atoms with E-state index in [0.717, 1.165) is 11.3 Å². The molecule has 0 aliphatic carbocycles. The summed E-state index contributed by atoms with van der Waals surface area (Å²) in [6.45, 7) is 1.73. The number of halogens is 1. The number of hydrogen-bond donors (Lipinski definition) is 2. The van der Waals surface area contributed by atoms with Gasteiger partial charge in [-0.15, -0.1) is 0 Å². The normalized spacial score (nSPS) is 14.6. The first-order valence-electron chi connectivity index (χ1n) is 8.49. The van der Waals surface area contributed by atoms with E-state index in [-0.39, 0.29) is 6.03 Å². The lowest BCUT2D eigenvalue weighted by Crippen LogP contribution is -2.31. The zero-order chi connectivity index (χ0) is 19.4. The van der Waals surface area contributed by atoms with Crippen molar-refractivity contribution in [1.82, 2.24) is 4.90 Å². The van der Waals surface area contributed by atoms with E-state index in [0.29, 0.717) is 41.5 Å². The van der Waals surface area contributed by atoms with E-state index in [9.17, 15) is 4.79 Å². The lowest BCUT2D eigenvalue weighted by Gasteiger charge is -2.20. The largest absolute Gasteiger partial charge is 0.496 e. The molecule has 2 amide bonds. The third-order valence-electron chi connectivity index (χ3n) is 4.50. The van der Waals surface area contributed by atoms with Crippen molar-refractivity contribution >= 4 is 35.1 Å². The molecule has 1 heterocycles. The van der Waals surface area contributed by atoms with Crippen molar-refractivity contribution in [3.63, 3.8) is 0 Å². The second-order valence-electron chi connectivity index (χ2n) is 6.14. The summed E-state index contributed by atoms with van der Waals surface area (Å²) in [7, 11) is 1.55. The number of methoxy groups -OCH3 is 1. The topological polar surface area (TPSA) is 82.7 Å². The van der Waals surface area contributed by atoms with Gasteiger partial charge in [0.2, 0.25) is 0 Å². The lowest BCUT2D eigenvalue weighted by atomic mass is 10.1. The number of rotatable bonds is 6. The molecule has 6 nitrogen and oxygen atoms in total. The summed E-state index contributed by atoms with van der Waals surface area (Å²) in [5, 5.41) is 8.12. The Hall–Kier alpha value is -2.99. The van der Waals surface area contributed by atoms with Crippen LogP contribution in [-0.2, 0) is 6.54 Å². The molecule has 2 aromatic carbocycles. The minimum Gasteiger partial charge on any atom is -0.496 e. The summed E-state index contributed by atoms with van der Waals surface area (Å²) in [5.41, 5.74) is 8.57. The van der Waals surface area contributed by atoms with Crippen LogP contribution in [0.2, 0.25) is 5.02 Å². The number of carbonyl (C=O) groups excluding carboxylic acids is 1. The number of amides is 2. The Bertz CT molecular complexity index is 897. The number of anilines is 1. The van der Waals surface area contributed by atoms with Gasteiger partial charge in [0, 0.05) is 60.0 Å². The number of urea groups is 1. The average Bonchev–Trinajstić information content (AvgIpc) is 3.03. The molecule has 27 heavy (non-hydrogen) atoms. The summed E-state index contributed by atoms with van der Waals surface area (Å²) in [5.74, 6) is 0.564. The van der Waals surface area contributed by atoms with Crippen molar-refractivity contribution in [2.24, 2.45) is 5.73 Å². The Labute approximate surface area is 163 Å². The summed E-state index contributed by atoms with van der Waals surface area (Å²) in [6, 6.07) is 12.9. The first-order chi connectivity index (χ1) is 13.1. The number of hydrogen-bond acceptors (Lipinski definition) is 4. The first kappa shape index (κ1) is 18.8. The van der Waals surface area contributed by atoms with Crippen LogP contribution in [0.5, 0.6) is 5.75 Å². The Morgan fingerprint density at radius 1 is 1.30 bits per heavy atom. The van der Waals surface area contributed by atoms with Crippen LogP contribution in [-0.4, -0.2) is 37.3 Å². The van der Waals surface area contributed by atoms with Gasteiger partial charge < -0.3 is 20.8 Å². The van der Waals surface area contributed by atoms with Gasteiger partial charge in [0.25, 0.3) is 0 Å². The second-order valence-corrected chi connectivity index (χ2v) is 6.57. The molecule has 7 heteroatoms. The van der Waals surface area contributed by atoms with Crippen molar-refractivity contribution in [2.45, 2.75) is 6.54 Å². The number of nitrogens with one attached hydrogen (secondary N) is 1. The van der Waals surface area contributed by atoms with E-state index in [1.165, 1.54) is 12.4 Å². The predicted octanol–water partition coefficient (Wildman–Crippen LogP) is 3.74. The van der Waals surface area contributed by atoms with Gasteiger partial charge in [0.05, 0.1) is 7.11 Å². The van der Waals surface area contributed by atoms with E-state index < -0.39 is 0 Å². The van der Waals surface area contributed by atoms with Gasteiger partial charge in [-0.2, -0.15) is 0 Å². The van der Waals surface area contributed by atoms with Crippen molar-refractivity contribution in [2.75, 3.05) is 25.1 Å². The Balaban J connectivity index is 1.81. The molecule has 0 unspecified atom stereocenters. The Morgan fingerprint density at radius 3 is 2.78 bits per heavy atom. The van der Waals surface area contributed by atoms with Gasteiger partial charge in [0.1, 0.15) is 5.75 Å². The highest BCUT2D eigenvalue weighted by molar-refractivity contribution is 6.30. The maximum Gasteiger partial charge on any atom is 0.324 e. The van der Waals surface area contributed by atoms with Crippen molar-refractivity contribution in [3.8, 4) is 5.75 Å². The number of allylic oxidation sites excluding steroid dienone is 1. The highest BCUT2D eigenvalue weighted by atomic mass is 35.5. The molecule has 0 saturated carbocycles. The predicted molar refractivity (Wildman–Crippen MR) is 109 cm³/mol. The molecule has 1 saturated heterocycles. The molecule has 0 radical (unpaired) electrons. The maximum atomic E-state index is 12.8. The van der Waals surface area contributed by atoms with Crippen molar-refractivity contribution < 1.29 is 9.53 Å². The molecule has 0 spiro atoms. The van der Waals surface area contributed by atoms with E-state index in [4.69, 9.17) is 27.5 Å². The van der Waals surface area contributed by atoms with Gasteiger partial charge in [-0.3, -0.25) is 4.90 Å². The number of benzene rings is 2. The molecular weight excluding hydrogens is 364 g/mol. The number of carbonyl (C=O) groups is 1. The number of nitrogens with zero attached hydrogens (tertiary/aromatic N) is 2. The van der Waals surface area contributed by atoms with E-state index >= 15 is 0 Å². The van der Waals surface area contributed by atoms with E-state index in [1.54, 1.807) is 23.0 Å². The summed E-state index contributed by atoms with van der Waals surface area (Å²) in [6.07, 6.45) is 2.53. The molecule has 3 N–H and O–H groups in total. The first-order valence-corrected chi connectivity index (χ1v) is 8.87. The molecule has 1 fully saturated rings. The second kappa shape index (κ2) is 8.14. The average molecular weight is 385 g/mol. The molecular formula is C20H21ClN4O2. The van der Waals surface area contributed by atoms with Gasteiger partial charge in [-0.25, -0.2) is 4.79 Å². The molecule has 2 aromatic rings. The van der Waals surface area contributed by atoms with Crippen molar-refractivity contribution in [1.29, 1.82) is 5.41 Å². The molecule has 0 atom stereocenters. The van der Waals surface area contributed by atoms with Gasteiger partial charge in [0.15, 0.2) is 0 Å². The van der Waals surface area contributed by atoms with Crippen molar-refractivity contribution in [3.05, 3.63) is 64.8 Å². The molecule has 140 valence electrons. The van der Waals surface area contributed by atoms with E-state index in [2.05, 4.69) is 0 Å². The summed E-state index contributed by atoms with van der Waals surface area (Å²) in [4.78, 5) is 16.3. The van der Waals surface area contributed by atoms with Crippen LogP contribution < -0.4 is 15.4 Å². The highest BCUT2D eigenvalue weighted by Crippen LogP contribution is 2.31. The van der Waals surface area contributed by atoms with Gasteiger partial charge in [-0.05, 0) is 29.8 Å². The van der Waals surface area contributed by atoms with Crippen LogP contribution in [0.4, 0.5) is 10.5 Å². The number of ether oxygens (including phenoxy) is 1. The minimum atomic E-state index is -0.0635. The molecule has 0 bridgehead atoms. The van der Waals surface area contributed by atoms with Crippen LogP contribution in [0.25, 0.3) is 5.57 Å². The Kier molecular flexibility index (Phi) is 5.66. The lowest BCUT2D eigenvalue weighted by molar-refractivity contribution is 0.219. The van der Waals surface area contributed by atoms with Crippen LogP contribution in [0.15, 0.2) is 48.7 Å². The maximum absolute atomic E-state index is 12.8. The fourth-order valence-corrected chi connectivity index (χ4v) is 3.34. The SMILES string of the molecule is COc1cc(N2CCN(Cc3cccc(Cl)c3)C2=O)ccc1/C(C=N)=C/N. The fraction of sp³-hybridized carbons (Fsp3) is 0.200. The van der Waals surface area contributed by atoms with Crippen LogP contribution >= 0.6 is 11.6 Å². The molecule has 1 aliphatic rings. The zero-order valence-electron chi connectivity index (χ0n) is 15.0. The van der Waals surface area contributed by atoms with Gasteiger partial charge >= 0.3 is 6.03 Å². The standard InChI is InChI=1S/C20H21ClN4O2/c1-27-19-10-17(5-6-18(19)15(11-22)12-23)25-8-7-24(20(25)26)13-14-3-2-4-16(21)9-14/h2-6,9-12,22H,7-8,13,23H2,1H3/b15-12+,22-11?. The highest BCUT2D eigenvalue weighted by Gasteiger charge is 2.30. The van der Waals surface area contributed by atoms with E-state index in [1.807, 2.05) is 36.4 Å². The van der Waals surface area contributed by atoms with Crippen LogP contribution in [0.1, 0.15) is 11.1 Å². The zero-order valence-corrected chi connectivity index (χ0v) is 15.7. The summed E-state index contributed by atoms with van der Waals surface area (Å²) >= 11 is 6.03. The fourth-order valence-electron chi connectivity index (χ4n) is 3.13. The third kappa shape index (κ3) is 3.90. The molecule has 3 rings (SSSR count). The monoisotopic (exact) mass is 384 g/mol. The quantitative estimate of drug-likeness (QED) is 0.744. The van der Waals surface area contributed by atoms with Gasteiger partial charge in [-0.1, -0.05) is 23.7 Å². The summed E-state index contributed by atoms with van der Waals surface area (Å²) < 4.78 is 5.44. The molecule has 0 aromatic heterocycles. The third-order valence-corrected chi connectivity index (χ3v) is 4.74. The number of nitrogens with two attached hydrogens (primary N) is 1. The minimum absolute atomic E-state index is 0.0635. The molecule has 1 aliphatic heterocycles. The Morgan fingerprint density at radius 2 is 2.11 bits per heavy atom.